The fraction of sp³-hybridized carbons (Fsp3) is 0.400. The predicted octanol–water partition coefficient (Wildman–Crippen LogP) is 3.58. The molecule has 2 aromatic rings. The van der Waals surface area contributed by atoms with Gasteiger partial charge in [-0.1, -0.05) is 12.1 Å². The zero-order valence-electron chi connectivity index (χ0n) is 11.2. The summed E-state index contributed by atoms with van der Waals surface area (Å²) in [6.07, 6.45) is 2.54. The van der Waals surface area contributed by atoms with E-state index in [-0.39, 0.29) is 0 Å². The number of aryl methyl sites for hydroxylation is 1. The number of aromatic nitrogens is 2. The SMILES string of the molecule is Cc1ccc(-c2cc(NC3CC3)n[nH]2)c(C)c1C. The van der Waals surface area contributed by atoms with Gasteiger partial charge in [-0.05, 0) is 50.3 Å². The molecule has 3 heteroatoms. The molecule has 0 saturated heterocycles. The Morgan fingerprint density at radius 2 is 1.94 bits per heavy atom. The van der Waals surface area contributed by atoms with E-state index in [1.807, 2.05) is 0 Å². The lowest BCUT2D eigenvalue weighted by molar-refractivity contribution is 1.05. The van der Waals surface area contributed by atoms with Crippen LogP contribution in [0.2, 0.25) is 0 Å². The number of nitrogens with one attached hydrogen (secondary N) is 2. The average Bonchev–Trinajstić information content (AvgIpc) is 3.04. The summed E-state index contributed by atoms with van der Waals surface area (Å²) in [5.41, 5.74) is 6.37. The third kappa shape index (κ3) is 2.01. The molecule has 94 valence electrons. The molecule has 0 amide bonds. The summed E-state index contributed by atoms with van der Waals surface area (Å²) in [5, 5.41) is 10.9. The van der Waals surface area contributed by atoms with Crippen molar-refractivity contribution >= 4 is 5.82 Å². The normalized spacial score (nSPS) is 14.8. The number of benzene rings is 1. The Labute approximate surface area is 108 Å². The van der Waals surface area contributed by atoms with Crippen LogP contribution in [0.25, 0.3) is 11.3 Å². The van der Waals surface area contributed by atoms with Gasteiger partial charge in [-0.2, -0.15) is 5.10 Å². The van der Waals surface area contributed by atoms with Crippen LogP contribution in [0.3, 0.4) is 0 Å². The Bertz CT molecular complexity index is 579. The highest BCUT2D eigenvalue weighted by Crippen LogP contribution is 2.29. The molecule has 0 aliphatic heterocycles. The van der Waals surface area contributed by atoms with Crippen LogP contribution in [-0.2, 0) is 0 Å². The number of rotatable bonds is 3. The fourth-order valence-corrected chi connectivity index (χ4v) is 2.22. The summed E-state index contributed by atoms with van der Waals surface area (Å²) in [6.45, 7) is 6.50. The molecule has 1 saturated carbocycles. The van der Waals surface area contributed by atoms with Gasteiger partial charge in [0.2, 0.25) is 0 Å². The molecule has 3 nitrogen and oxygen atoms in total. The average molecular weight is 241 g/mol. The molecule has 0 radical (unpaired) electrons. The number of hydrogen-bond acceptors (Lipinski definition) is 2. The second-order valence-corrected chi connectivity index (χ2v) is 5.27. The highest BCUT2D eigenvalue weighted by molar-refractivity contribution is 5.68. The molecule has 1 fully saturated rings. The van der Waals surface area contributed by atoms with Crippen LogP contribution in [0.15, 0.2) is 18.2 Å². The van der Waals surface area contributed by atoms with E-state index in [1.165, 1.54) is 35.1 Å². The van der Waals surface area contributed by atoms with Crippen molar-refractivity contribution in [1.82, 2.24) is 10.2 Å². The number of aromatic amines is 1. The van der Waals surface area contributed by atoms with E-state index in [0.717, 1.165) is 11.5 Å². The van der Waals surface area contributed by atoms with Crippen LogP contribution < -0.4 is 5.32 Å². The minimum Gasteiger partial charge on any atom is -0.366 e. The Morgan fingerprint density at radius 1 is 1.17 bits per heavy atom. The standard InChI is InChI=1S/C15H19N3/c1-9-4-7-13(11(3)10(9)2)14-8-15(18-17-14)16-12-5-6-12/h4,7-8,12H,5-6H2,1-3H3,(H2,16,17,18). The zero-order valence-corrected chi connectivity index (χ0v) is 11.2. The zero-order chi connectivity index (χ0) is 12.7. The summed E-state index contributed by atoms with van der Waals surface area (Å²) in [4.78, 5) is 0. The molecule has 18 heavy (non-hydrogen) atoms. The Morgan fingerprint density at radius 3 is 2.67 bits per heavy atom. The van der Waals surface area contributed by atoms with Crippen LogP contribution in [0.1, 0.15) is 29.5 Å². The molecule has 0 spiro atoms. The molecule has 1 aromatic carbocycles. The first-order valence-electron chi connectivity index (χ1n) is 6.54. The molecule has 0 bridgehead atoms. The van der Waals surface area contributed by atoms with Gasteiger partial charge in [0.1, 0.15) is 5.82 Å². The summed E-state index contributed by atoms with van der Waals surface area (Å²) in [6, 6.07) is 7.09. The lowest BCUT2D eigenvalue weighted by Crippen LogP contribution is -2.00. The molecular weight excluding hydrogens is 222 g/mol. The lowest BCUT2D eigenvalue weighted by Gasteiger charge is -2.09. The Kier molecular flexibility index (Phi) is 2.62. The van der Waals surface area contributed by atoms with E-state index in [9.17, 15) is 0 Å². The maximum absolute atomic E-state index is 4.33. The molecule has 0 atom stereocenters. The maximum atomic E-state index is 4.33. The van der Waals surface area contributed by atoms with Crippen molar-refractivity contribution < 1.29 is 0 Å². The molecule has 1 aromatic heterocycles. The highest BCUT2D eigenvalue weighted by Gasteiger charge is 2.22. The van der Waals surface area contributed by atoms with E-state index in [1.54, 1.807) is 0 Å². The van der Waals surface area contributed by atoms with Crippen molar-refractivity contribution in [2.24, 2.45) is 0 Å². The number of nitrogens with zero attached hydrogens (tertiary/aromatic N) is 1. The first-order chi connectivity index (χ1) is 8.65. The van der Waals surface area contributed by atoms with E-state index in [4.69, 9.17) is 0 Å². The van der Waals surface area contributed by atoms with E-state index in [0.29, 0.717) is 6.04 Å². The van der Waals surface area contributed by atoms with Crippen LogP contribution in [-0.4, -0.2) is 16.2 Å². The van der Waals surface area contributed by atoms with Gasteiger partial charge >= 0.3 is 0 Å². The van der Waals surface area contributed by atoms with Gasteiger partial charge in [0.05, 0.1) is 5.69 Å². The molecule has 3 rings (SSSR count). The summed E-state index contributed by atoms with van der Waals surface area (Å²) < 4.78 is 0. The summed E-state index contributed by atoms with van der Waals surface area (Å²) >= 11 is 0. The number of hydrogen-bond donors (Lipinski definition) is 2. The van der Waals surface area contributed by atoms with Crippen molar-refractivity contribution in [2.45, 2.75) is 39.7 Å². The van der Waals surface area contributed by atoms with Crippen LogP contribution in [0.4, 0.5) is 5.82 Å². The smallest absolute Gasteiger partial charge is 0.148 e. The third-order valence-corrected chi connectivity index (χ3v) is 3.86. The third-order valence-electron chi connectivity index (χ3n) is 3.86. The maximum Gasteiger partial charge on any atom is 0.148 e. The van der Waals surface area contributed by atoms with Crippen molar-refractivity contribution in [3.8, 4) is 11.3 Å². The Hall–Kier alpha value is -1.77. The van der Waals surface area contributed by atoms with E-state index < -0.39 is 0 Å². The van der Waals surface area contributed by atoms with Gasteiger partial charge in [0.15, 0.2) is 0 Å². The summed E-state index contributed by atoms with van der Waals surface area (Å²) in [7, 11) is 0. The van der Waals surface area contributed by atoms with Gasteiger partial charge in [0.25, 0.3) is 0 Å². The largest absolute Gasteiger partial charge is 0.366 e. The molecule has 1 aliphatic rings. The Balaban J connectivity index is 1.93. The quantitative estimate of drug-likeness (QED) is 0.862. The molecule has 1 aliphatic carbocycles. The summed E-state index contributed by atoms with van der Waals surface area (Å²) in [5.74, 6) is 0.963. The second kappa shape index (κ2) is 4.16. The van der Waals surface area contributed by atoms with Gasteiger partial charge in [0, 0.05) is 17.7 Å². The van der Waals surface area contributed by atoms with E-state index >= 15 is 0 Å². The topological polar surface area (TPSA) is 40.7 Å². The molecular formula is C15H19N3. The first-order valence-corrected chi connectivity index (χ1v) is 6.54. The fourth-order valence-electron chi connectivity index (χ4n) is 2.22. The second-order valence-electron chi connectivity index (χ2n) is 5.27. The van der Waals surface area contributed by atoms with Crippen molar-refractivity contribution in [1.29, 1.82) is 0 Å². The molecule has 2 N–H and O–H groups in total. The van der Waals surface area contributed by atoms with Crippen LogP contribution in [0.5, 0.6) is 0 Å². The lowest BCUT2D eigenvalue weighted by atomic mass is 9.97. The van der Waals surface area contributed by atoms with Crippen molar-refractivity contribution in [3.63, 3.8) is 0 Å². The number of H-pyrrole nitrogens is 1. The van der Waals surface area contributed by atoms with Gasteiger partial charge in [-0.25, -0.2) is 0 Å². The molecule has 1 heterocycles. The van der Waals surface area contributed by atoms with E-state index in [2.05, 4.69) is 54.5 Å². The highest BCUT2D eigenvalue weighted by atomic mass is 15.2. The number of anilines is 1. The monoisotopic (exact) mass is 241 g/mol. The van der Waals surface area contributed by atoms with Crippen LogP contribution in [0, 0.1) is 20.8 Å². The first kappa shape index (κ1) is 11.3. The van der Waals surface area contributed by atoms with Crippen molar-refractivity contribution in [3.05, 3.63) is 34.9 Å². The minimum absolute atomic E-state index is 0.641. The predicted molar refractivity (Wildman–Crippen MR) is 74.9 cm³/mol. The molecule has 0 unspecified atom stereocenters. The van der Waals surface area contributed by atoms with Crippen LogP contribution >= 0.6 is 0 Å². The van der Waals surface area contributed by atoms with Gasteiger partial charge < -0.3 is 5.32 Å². The van der Waals surface area contributed by atoms with Gasteiger partial charge in [-0.15, -0.1) is 0 Å². The minimum atomic E-state index is 0.641. The van der Waals surface area contributed by atoms with Gasteiger partial charge in [-0.3, -0.25) is 5.10 Å². The van der Waals surface area contributed by atoms with Crippen molar-refractivity contribution in [2.75, 3.05) is 5.32 Å².